The van der Waals surface area contributed by atoms with Gasteiger partial charge in [-0.05, 0) is 27.2 Å². The largest absolute Gasteiger partial charge is 0.756 e. The third kappa shape index (κ3) is 20.8. The topological polar surface area (TPSA) is 90.9 Å². The normalized spacial score (nSPS) is 13.4. The van der Waals surface area contributed by atoms with Gasteiger partial charge in [0.1, 0.15) is 13.2 Å². The number of nitrogens with one attached hydrogen (secondary N) is 1. The molecule has 0 aliphatic carbocycles. The molecular formula is C30H64N3O5P. The highest BCUT2D eigenvalue weighted by Gasteiger charge is 2.22. The number of quaternary nitrogens is 1. The number of carbonyl (C=O) groups excluding carboxylic acids is 1. The fourth-order valence-electron chi connectivity index (χ4n) is 5.12. The second-order valence-electron chi connectivity index (χ2n) is 11.0. The van der Waals surface area contributed by atoms with E-state index in [1.54, 1.807) is 11.9 Å². The number of likely N-dealkylation sites (N-methyl/N-ethyl adjacent to an activating group) is 1. The van der Waals surface area contributed by atoms with Crippen molar-refractivity contribution in [2.24, 2.45) is 0 Å². The molecule has 0 aromatic heterocycles. The van der Waals surface area contributed by atoms with Gasteiger partial charge in [0, 0.05) is 20.1 Å². The summed E-state index contributed by atoms with van der Waals surface area (Å²) in [5.74, 6) is 0. The van der Waals surface area contributed by atoms with E-state index in [1.807, 2.05) is 0 Å². The molecule has 234 valence electrons. The molecule has 0 radical (unpaired) electrons. The lowest BCUT2D eigenvalue weighted by atomic mass is 10.0. The minimum atomic E-state index is -4.39. The number of hydrogen-bond donors (Lipinski definition) is 1. The zero-order chi connectivity index (χ0) is 29.2. The highest BCUT2D eigenvalue weighted by atomic mass is 31.2. The highest BCUT2D eigenvalue weighted by molar-refractivity contribution is 7.45. The van der Waals surface area contributed by atoms with Crippen molar-refractivity contribution < 1.29 is 27.8 Å². The van der Waals surface area contributed by atoms with Gasteiger partial charge in [0.15, 0.2) is 0 Å². The number of amides is 2. The van der Waals surface area contributed by atoms with E-state index in [0.717, 1.165) is 37.0 Å². The van der Waals surface area contributed by atoms with E-state index >= 15 is 0 Å². The van der Waals surface area contributed by atoms with E-state index in [-0.39, 0.29) is 25.8 Å². The first-order chi connectivity index (χ1) is 18.8. The van der Waals surface area contributed by atoms with Crippen molar-refractivity contribution in [1.29, 1.82) is 0 Å². The molecule has 0 aliphatic rings. The predicted octanol–water partition coefficient (Wildman–Crippen LogP) is 7.27. The molecule has 0 rings (SSSR count). The van der Waals surface area contributed by atoms with Gasteiger partial charge >= 0.3 is 6.03 Å². The van der Waals surface area contributed by atoms with Crippen molar-refractivity contribution in [3.63, 3.8) is 0 Å². The molecule has 8 nitrogen and oxygen atoms in total. The molecular weight excluding hydrogens is 513 g/mol. The summed E-state index contributed by atoms with van der Waals surface area (Å²) in [5, 5.41) is 2.64. The third-order valence-electron chi connectivity index (χ3n) is 8.22. The van der Waals surface area contributed by atoms with Gasteiger partial charge in [0.25, 0.3) is 7.82 Å². The van der Waals surface area contributed by atoms with Gasteiger partial charge in [-0.2, -0.15) is 0 Å². The molecule has 9 heteroatoms. The van der Waals surface area contributed by atoms with Crippen LogP contribution in [0.15, 0.2) is 0 Å². The third-order valence-corrected chi connectivity index (χ3v) is 9.22. The van der Waals surface area contributed by atoms with Crippen LogP contribution >= 0.6 is 7.82 Å². The summed E-state index contributed by atoms with van der Waals surface area (Å²) >= 11 is 0. The van der Waals surface area contributed by atoms with Crippen LogP contribution in [0.3, 0.4) is 0 Å². The van der Waals surface area contributed by atoms with Crippen molar-refractivity contribution in [3.05, 3.63) is 0 Å². The summed E-state index contributed by atoms with van der Waals surface area (Å²) in [4.78, 5) is 26.0. The number of carbonyl (C=O) groups is 1. The number of unbranched alkanes of at least 4 members (excludes halogenated alkanes) is 15. The van der Waals surface area contributed by atoms with Crippen molar-refractivity contribution in [3.8, 4) is 0 Å². The molecule has 1 atom stereocenters. The maximum atomic E-state index is 12.2. The second-order valence-corrected chi connectivity index (χ2v) is 12.4. The van der Waals surface area contributed by atoms with Gasteiger partial charge in [-0.3, -0.25) is 4.57 Å². The minimum Gasteiger partial charge on any atom is -0.756 e. The summed E-state index contributed by atoms with van der Waals surface area (Å²) in [5.41, 5.74) is 0. The van der Waals surface area contributed by atoms with Crippen LogP contribution in [0.2, 0.25) is 0 Å². The Balaban J connectivity index is 3.93. The van der Waals surface area contributed by atoms with Crippen LogP contribution in [0.1, 0.15) is 130 Å². The minimum absolute atomic E-state index is 0.0949. The monoisotopic (exact) mass is 577 g/mol. The Kier molecular flexibility index (Phi) is 24.7. The molecule has 0 aromatic carbocycles. The molecule has 0 spiro atoms. The van der Waals surface area contributed by atoms with Crippen LogP contribution in [0.4, 0.5) is 4.79 Å². The zero-order valence-electron chi connectivity index (χ0n) is 26.4. The maximum Gasteiger partial charge on any atom is 0.317 e. The summed E-state index contributed by atoms with van der Waals surface area (Å²) in [7, 11) is -2.80. The number of urea groups is 1. The van der Waals surface area contributed by atoms with Crippen LogP contribution < -0.4 is 10.2 Å². The van der Waals surface area contributed by atoms with Crippen molar-refractivity contribution in [1.82, 2.24) is 10.2 Å². The fourth-order valence-corrected chi connectivity index (χ4v) is 5.80. The summed E-state index contributed by atoms with van der Waals surface area (Å²) in [6.45, 7) is 12.8. The molecule has 0 bridgehead atoms. The second kappa shape index (κ2) is 25.1. The Hall–Kier alpha value is -0.660. The number of rotatable bonds is 28. The molecule has 2 amide bonds. The molecule has 0 fully saturated rings. The van der Waals surface area contributed by atoms with E-state index in [9.17, 15) is 14.3 Å². The molecule has 1 unspecified atom stereocenters. The Morgan fingerprint density at radius 2 is 1.10 bits per heavy atom. The quantitative estimate of drug-likeness (QED) is 0.0600. The highest BCUT2D eigenvalue weighted by Crippen LogP contribution is 2.38. The average molecular weight is 578 g/mol. The first kappa shape index (κ1) is 38.3. The molecule has 0 aliphatic heterocycles. The summed E-state index contributed by atoms with van der Waals surface area (Å²) < 4.78 is 23.1. The van der Waals surface area contributed by atoms with Gasteiger partial charge in [0.2, 0.25) is 0 Å². The Morgan fingerprint density at radius 1 is 0.692 bits per heavy atom. The fraction of sp³-hybridized carbons (Fsp3) is 0.967. The maximum absolute atomic E-state index is 12.2. The Labute approximate surface area is 241 Å². The average Bonchev–Trinajstić information content (AvgIpc) is 2.93. The van der Waals surface area contributed by atoms with Crippen LogP contribution in [0.25, 0.3) is 0 Å². The lowest BCUT2D eigenvalue weighted by Gasteiger charge is -2.36. The van der Waals surface area contributed by atoms with Crippen LogP contribution in [-0.4, -0.2) is 74.9 Å². The number of phosphoric ester groups is 1. The number of hydrogen-bond acceptors (Lipinski definition) is 5. The van der Waals surface area contributed by atoms with Crippen molar-refractivity contribution >= 4 is 13.9 Å². The lowest BCUT2D eigenvalue weighted by molar-refractivity contribution is -0.923. The zero-order valence-corrected chi connectivity index (χ0v) is 27.2. The molecule has 39 heavy (non-hydrogen) atoms. The van der Waals surface area contributed by atoms with Crippen LogP contribution in [-0.2, 0) is 13.6 Å². The molecule has 0 heterocycles. The SMILES string of the molecule is CCCCCCCCCCCCCCCCCCN(CCOP(=O)([O-])OCC[N+](CC)(CC)CC)C(=O)NC. The predicted molar refractivity (Wildman–Crippen MR) is 162 cm³/mol. The van der Waals surface area contributed by atoms with Gasteiger partial charge in [0.05, 0.1) is 26.2 Å². The molecule has 0 saturated carbocycles. The van der Waals surface area contributed by atoms with Gasteiger partial charge < -0.3 is 28.6 Å². The summed E-state index contributed by atoms with van der Waals surface area (Å²) in [6.07, 6.45) is 20.9. The van der Waals surface area contributed by atoms with Crippen LogP contribution in [0, 0.1) is 0 Å². The van der Waals surface area contributed by atoms with Gasteiger partial charge in [-0.25, -0.2) is 4.79 Å². The van der Waals surface area contributed by atoms with E-state index < -0.39 is 7.82 Å². The number of nitrogens with zero attached hydrogens (tertiary/aromatic N) is 2. The standard InChI is InChI=1S/C30H64N3O5P/c1-6-10-11-12-13-14-15-16-17-18-19-20-21-22-23-24-25-32(30(34)31-5)26-28-37-39(35,36)38-29-27-33(7-2,8-3)9-4/h6-29H2,1-5H3,(H-,31,34,35,36). The molecule has 0 saturated heterocycles. The molecule has 0 aromatic rings. The van der Waals surface area contributed by atoms with Gasteiger partial charge in [-0.1, -0.05) is 103 Å². The van der Waals surface area contributed by atoms with E-state index in [1.165, 1.54) is 89.9 Å². The van der Waals surface area contributed by atoms with E-state index in [4.69, 9.17) is 9.05 Å². The first-order valence-electron chi connectivity index (χ1n) is 16.2. The van der Waals surface area contributed by atoms with E-state index in [0.29, 0.717) is 13.1 Å². The Bertz CT molecular complexity index is 611. The van der Waals surface area contributed by atoms with Crippen LogP contribution in [0.5, 0.6) is 0 Å². The number of phosphoric acid groups is 1. The summed E-state index contributed by atoms with van der Waals surface area (Å²) in [6, 6.07) is -0.211. The van der Waals surface area contributed by atoms with E-state index in [2.05, 4.69) is 33.0 Å². The Morgan fingerprint density at radius 3 is 1.51 bits per heavy atom. The van der Waals surface area contributed by atoms with Gasteiger partial charge in [-0.15, -0.1) is 0 Å². The smallest absolute Gasteiger partial charge is 0.317 e. The van der Waals surface area contributed by atoms with Crippen molar-refractivity contribution in [2.45, 2.75) is 130 Å². The molecule has 1 N–H and O–H groups in total. The van der Waals surface area contributed by atoms with Crippen molar-refractivity contribution in [2.75, 3.05) is 59.5 Å². The lowest BCUT2D eigenvalue weighted by Crippen LogP contribution is -2.49. The first-order valence-corrected chi connectivity index (χ1v) is 17.7.